The SMILES string of the molecule is Cc1ccc(C(=O)NCc2ccc(O)cc2)cc1NC(=O)c1coc(C2CC2)n1. The number of aromatic nitrogens is 1. The second-order valence-electron chi connectivity index (χ2n) is 7.18. The second-order valence-corrected chi connectivity index (χ2v) is 7.18. The summed E-state index contributed by atoms with van der Waals surface area (Å²) in [5.41, 5.74) is 2.91. The fraction of sp³-hybridized carbons (Fsp3) is 0.227. The minimum absolute atomic E-state index is 0.176. The van der Waals surface area contributed by atoms with Gasteiger partial charge in [-0.2, -0.15) is 0 Å². The highest BCUT2D eigenvalue weighted by atomic mass is 16.3. The number of carbonyl (C=O) groups is 2. The van der Waals surface area contributed by atoms with Crippen molar-refractivity contribution in [3.63, 3.8) is 0 Å². The van der Waals surface area contributed by atoms with E-state index in [0.717, 1.165) is 24.0 Å². The number of phenols is 1. The van der Waals surface area contributed by atoms with E-state index in [0.29, 0.717) is 29.6 Å². The van der Waals surface area contributed by atoms with Crippen molar-refractivity contribution in [2.75, 3.05) is 5.32 Å². The molecular weight excluding hydrogens is 370 g/mol. The minimum atomic E-state index is -0.370. The van der Waals surface area contributed by atoms with Crippen LogP contribution in [0.1, 0.15) is 56.6 Å². The normalized spacial score (nSPS) is 13.1. The van der Waals surface area contributed by atoms with Crippen LogP contribution in [0.25, 0.3) is 0 Å². The number of aromatic hydroxyl groups is 1. The maximum Gasteiger partial charge on any atom is 0.277 e. The van der Waals surface area contributed by atoms with Crippen LogP contribution in [0.2, 0.25) is 0 Å². The number of hydrogen-bond acceptors (Lipinski definition) is 5. The van der Waals surface area contributed by atoms with Crippen LogP contribution in [-0.4, -0.2) is 21.9 Å². The molecule has 7 nitrogen and oxygen atoms in total. The van der Waals surface area contributed by atoms with Gasteiger partial charge in [0.25, 0.3) is 11.8 Å². The van der Waals surface area contributed by atoms with Crippen molar-refractivity contribution in [2.24, 2.45) is 0 Å². The molecule has 0 aliphatic heterocycles. The number of hydrogen-bond donors (Lipinski definition) is 3. The quantitative estimate of drug-likeness (QED) is 0.594. The molecule has 7 heteroatoms. The van der Waals surface area contributed by atoms with Crippen molar-refractivity contribution in [3.05, 3.63) is 77.0 Å². The van der Waals surface area contributed by atoms with Crippen LogP contribution in [0.4, 0.5) is 5.69 Å². The largest absolute Gasteiger partial charge is 0.508 e. The number of rotatable bonds is 6. The molecule has 1 aromatic heterocycles. The van der Waals surface area contributed by atoms with Gasteiger partial charge in [-0.15, -0.1) is 0 Å². The van der Waals surface area contributed by atoms with Crippen LogP contribution >= 0.6 is 0 Å². The smallest absolute Gasteiger partial charge is 0.277 e. The van der Waals surface area contributed by atoms with Crippen molar-refractivity contribution in [1.29, 1.82) is 0 Å². The molecule has 1 saturated carbocycles. The molecule has 2 aromatic carbocycles. The Bertz CT molecular complexity index is 1050. The fourth-order valence-corrected chi connectivity index (χ4v) is 2.89. The first-order chi connectivity index (χ1) is 14.0. The summed E-state index contributed by atoms with van der Waals surface area (Å²) in [5, 5.41) is 15.0. The monoisotopic (exact) mass is 391 g/mol. The Labute approximate surface area is 167 Å². The van der Waals surface area contributed by atoms with E-state index < -0.39 is 0 Å². The van der Waals surface area contributed by atoms with Gasteiger partial charge in [0.05, 0.1) is 0 Å². The van der Waals surface area contributed by atoms with Crippen molar-refractivity contribution in [2.45, 2.75) is 32.2 Å². The van der Waals surface area contributed by atoms with Crippen LogP contribution in [0.15, 0.2) is 53.1 Å². The van der Waals surface area contributed by atoms with Gasteiger partial charge in [-0.25, -0.2) is 4.98 Å². The second kappa shape index (κ2) is 7.79. The highest BCUT2D eigenvalue weighted by molar-refractivity contribution is 6.04. The predicted molar refractivity (Wildman–Crippen MR) is 107 cm³/mol. The summed E-state index contributed by atoms with van der Waals surface area (Å²) >= 11 is 0. The molecule has 1 aliphatic rings. The van der Waals surface area contributed by atoms with E-state index in [4.69, 9.17) is 4.42 Å². The van der Waals surface area contributed by atoms with E-state index in [1.165, 1.54) is 6.26 Å². The van der Waals surface area contributed by atoms with Gasteiger partial charge >= 0.3 is 0 Å². The molecule has 0 unspecified atom stereocenters. The molecule has 1 fully saturated rings. The Hall–Kier alpha value is -3.61. The highest BCUT2D eigenvalue weighted by Crippen LogP contribution is 2.39. The van der Waals surface area contributed by atoms with Crippen molar-refractivity contribution < 1.29 is 19.1 Å². The third-order valence-electron chi connectivity index (χ3n) is 4.82. The zero-order chi connectivity index (χ0) is 20.4. The zero-order valence-electron chi connectivity index (χ0n) is 15.9. The number of oxazole rings is 1. The average Bonchev–Trinajstić information content (AvgIpc) is 3.45. The van der Waals surface area contributed by atoms with Crippen LogP contribution in [-0.2, 0) is 6.54 Å². The maximum absolute atomic E-state index is 12.5. The number of amides is 2. The average molecular weight is 391 g/mol. The van der Waals surface area contributed by atoms with Gasteiger partial charge < -0.3 is 20.2 Å². The summed E-state index contributed by atoms with van der Waals surface area (Å²) in [4.78, 5) is 29.2. The Morgan fingerprint density at radius 2 is 1.90 bits per heavy atom. The molecule has 3 aromatic rings. The number of nitrogens with one attached hydrogen (secondary N) is 2. The first-order valence-electron chi connectivity index (χ1n) is 9.43. The lowest BCUT2D eigenvalue weighted by molar-refractivity contribution is 0.0949. The first kappa shape index (κ1) is 18.7. The van der Waals surface area contributed by atoms with E-state index in [-0.39, 0.29) is 23.3 Å². The number of phenolic OH excluding ortho intramolecular Hbond substituents is 1. The molecule has 0 bridgehead atoms. The van der Waals surface area contributed by atoms with Gasteiger partial charge in [0.2, 0.25) is 0 Å². The predicted octanol–water partition coefficient (Wildman–Crippen LogP) is 3.75. The van der Waals surface area contributed by atoms with E-state index in [2.05, 4.69) is 15.6 Å². The lowest BCUT2D eigenvalue weighted by atomic mass is 10.1. The van der Waals surface area contributed by atoms with Gasteiger partial charge in [0, 0.05) is 23.7 Å². The van der Waals surface area contributed by atoms with E-state index in [1.54, 1.807) is 42.5 Å². The van der Waals surface area contributed by atoms with Crippen molar-refractivity contribution in [1.82, 2.24) is 10.3 Å². The molecular formula is C22H21N3O4. The van der Waals surface area contributed by atoms with Gasteiger partial charge in [-0.1, -0.05) is 18.2 Å². The van der Waals surface area contributed by atoms with Crippen LogP contribution in [0, 0.1) is 6.92 Å². The molecule has 1 aliphatic carbocycles. The van der Waals surface area contributed by atoms with Gasteiger partial charge in [0.15, 0.2) is 11.6 Å². The Balaban J connectivity index is 1.42. The van der Waals surface area contributed by atoms with E-state index in [1.807, 2.05) is 6.92 Å². The number of aryl methyl sites for hydroxylation is 1. The summed E-state index contributed by atoms with van der Waals surface area (Å²) in [6.45, 7) is 2.18. The maximum atomic E-state index is 12.5. The van der Waals surface area contributed by atoms with Crippen LogP contribution < -0.4 is 10.6 Å². The first-order valence-corrected chi connectivity index (χ1v) is 9.43. The summed E-state index contributed by atoms with van der Waals surface area (Å²) < 4.78 is 5.37. The Morgan fingerprint density at radius 1 is 1.14 bits per heavy atom. The standard InChI is InChI=1S/C22H21N3O4/c1-13-2-5-16(20(27)23-11-14-3-8-17(26)9-4-14)10-18(13)24-21(28)19-12-29-22(25-19)15-6-7-15/h2-5,8-10,12,15,26H,6-7,11H2,1H3,(H,23,27)(H,24,28). The van der Waals surface area contributed by atoms with Gasteiger partial charge in [-0.05, 0) is 55.2 Å². The summed E-state index contributed by atoms with van der Waals surface area (Å²) in [7, 11) is 0. The van der Waals surface area contributed by atoms with Gasteiger partial charge in [-0.3, -0.25) is 9.59 Å². The molecule has 148 valence electrons. The minimum Gasteiger partial charge on any atom is -0.508 e. The highest BCUT2D eigenvalue weighted by Gasteiger charge is 2.29. The Kier molecular flexibility index (Phi) is 5.03. The summed E-state index contributed by atoms with van der Waals surface area (Å²) in [6.07, 6.45) is 3.45. The fourth-order valence-electron chi connectivity index (χ4n) is 2.89. The third kappa shape index (κ3) is 4.45. The lowest BCUT2D eigenvalue weighted by Crippen LogP contribution is -2.23. The molecule has 0 radical (unpaired) electrons. The van der Waals surface area contributed by atoms with E-state index in [9.17, 15) is 14.7 Å². The number of carbonyl (C=O) groups excluding carboxylic acids is 2. The number of nitrogens with zero attached hydrogens (tertiary/aromatic N) is 1. The molecule has 0 spiro atoms. The van der Waals surface area contributed by atoms with E-state index >= 15 is 0 Å². The molecule has 4 rings (SSSR count). The molecule has 0 atom stereocenters. The molecule has 2 amide bonds. The van der Waals surface area contributed by atoms with Gasteiger partial charge in [0.1, 0.15) is 12.0 Å². The topological polar surface area (TPSA) is 104 Å². The van der Waals surface area contributed by atoms with Crippen molar-refractivity contribution >= 4 is 17.5 Å². The molecule has 0 saturated heterocycles. The van der Waals surface area contributed by atoms with Crippen molar-refractivity contribution in [3.8, 4) is 5.75 Å². The third-order valence-corrected chi connectivity index (χ3v) is 4.82. The number of benzene rings is 2. The summed E-state index contributed by atoms with van der Waals surface area (Å²) in [5.74, 6) is 0.486. The summed E-state index contributed by atoms with van der Waals surface area (Å²) in [6, 6.07) is 11.7. The number of anilines is 1. The molecule has 1 heterocycles. The molecule has 29 heavy (non-hydrogen) atoms. The zero-order valence-corrected chi connectivity index (χ0v) is 15.9. The Morgan fingerprint density at radius 3 is 2.62 bits per heavy atom. The lowest BCUT2D eigenvalue weighted by Gasteiger charge is -2.10. The van der Waals surface area contributed by atoms with Crippen LogP contribution in [0.3, 0.4) is 0 Å². The molecule has 3 N–H and O–H groups in total. The van der Waals surface area contributed by atoms with Crippen LogP contribution in [0.5, 0.6) is 5.75 Å².